The highest BCUT2D eigenvalue weighted by atomic mass is 19.3. The summed E-state index contributed by atoms with van der Waals surface area (Å²) < 4.78 is 51.3. The van der Waals surface area contributed by atoms with E-state index in [9.17, 15) is 22.7 Å². The van der Waals surface area contributed by atoms with Crippen LogP contribution in [0.1, 0.15) is 29.2 Å². The molecule has 2 rings (SSSR count). The van der Waals surface area contributed by atoms with Gasteiger partial charge < -0.3 is 5.11 Å². The Kier molecular flexibility index (Phi) is 3.85. The molecule has 0 fully saturated rings. The molecule has 1 nitrogen and oxygen atoms in total. The third-order valence-corrected chi connectivity index (χ3v) is 2.78. The van der Waals surface area contributed by atoms with Gasteiger partial charge in [0.1, 0.15) is 6.10 Å². The molecule has 2 aromatic carbocycles. The highest BCUT2D eigenvalue weighted by Gasteiger charge is 2.18. The van der Waals surface area contributed by atoms with Crippen molar-refractivity contribution < 1.29 is 22.7 Å². The van der Waals surface area contributed by atoms with Gasteiger partial charge in [0.05, 0.1) is 0 Å². The van der Waals surface area contributed by atoms with Gasteiger partial charge in [0.15, 0.2) is 11.6 Å². The lowest BCUT2D eigenvalue weighted by molar-refractivity contribution is 0.151. The van der Waals surface area contributed by atoms with Gasteiger partial charge in [-0.2, -0.15) is 0 Å². The number of hydrogen-bond acceptors (Lipinski definition) is 1. The molecule has 0 amide bonds. The van der Waals surface area contributed by atoms with E-state index >= 15 is 0 Å². The predicted octanol–water partition coefficient (Wildman–Crippen LogP) is 3.98. The van der Waals surface area contributed by atoms with Crippen molar-refractivity contribution in [3.63, 3.8) is 0 Å². The SMILES string of the molecule is OC(c1ccc(C(F)F)cc1)c1cccc(F)c1F. The van der Waals surface area contributed by atoms with Crippen molar-refractivity contribution in [2.24, 2.45) is 0 Å². The highest BCUT2D eigenvalue weighted by molar-refractivity contribution is 5.33. The van der Waals surface area contributed by atoms with Crippen molar-refractivity contribution in [1.82, 2.24) is 0 Å². The molecule has 0 aliphatic rings. The van der Waals surface area contributed by atoms with Gasteiger partial charge >= 0.3 is 0 Å². The fourth-order valence-corrected chi connectivity index (χ4v) is 1.73. The summed E-state index contributed by atoms with van der Waals surface area (Å²) in [6.45, 7) is 0. The van der Waals surface area contributed by atoms with Crippen LogP contribution in [0, 0.1) is 11.6 Å². The fraction of sp³-hybridized carbons (Fsp3) is 0.143. The molecule has 100 valence electrons. The Hall–Kier alpha value is -1.88. The zero-order valence-electron chi connectivity index (χ0n) is 9.66. The lowest BCUT2D eigenvalue weighted by Crippen LogP contribution is -2.04. The van der Waals surface area contributed by atoms with E-state index in [1.54, 1.807) is 0 Å². The Morgan fingerprint density at radius 3 is 2.00 bits per heavy atom. The van der Waals surface area contributed by atoms with Crippen LogP contribution in [0.25, 0.3) is 0 Å². The van der Waals surface area contributed by atoms with Crippen molar-refractivity contribution in [3.05, 3.63) is 70.8 Å². The standard InChI is InChI=1S/C14H10F4O/c15-11-3-1-2-10(12(11)16)13(19)8-4-6-9(7-5-8)14(17)18/h1-7,13-14,19H. The van der Waals surface area contributed by atoms with E-state index in [1.165, 1.54) is 24.3 Å². The third-order valence-electron chi connectivity index (χ3n) is 2.78. The number of rotatable bonds is 3. The zero-order valence-corrected chi connectivity index (χ0v) is 9.66. The predicted molar refractivity (Wildman–Crippen MR) is 61.8 cm³/mol. The molecule has 0 radical (unpaired) electrons. The quantitative estimate of drug-likeness (QED) is 0.836. The first kappa shape index (κ1) is 13.5. The minimum absolute atomic E-state index is 0.198. The number of hydrogen-bond donors (Lipinski definition) is 1. The molecule has 1 unspecified atom stereocenters. The van der Waals surface area contributed by atoms with E-state index in [4.69, 9.17) is 0 Å². The Bertz CT molecular complexity index is 566. The maximum Gasteiger partial charge on any atom is 0.263 e. The van der Waals surface area contributed by atoms with Crippen LogP contribution in [0.15, 0.2) is 42.5 Å². The first-order valence-electron chi connectivity index (χ1n) is 5.50. The molecule has 0 spiro atoms. The largest absolute Gasteiger partial charge is 0.384 e. The molecule has 0 bridgehead atoms. The van der Waals surface area contributed by atoms with Crippen molar-refractivity contribution in [2.45, 2.75) is 12.5 Å². The monoisotopic (exact) mass is 270 g/mol. The summed E-state index contributed by atoms with van der Waals surface area (Å²) in [5.41, 5.74) is -0.214. The Morgan fingerprint density at radius 2 is 1.42 bits per heavy atom. The van der Waals surface area contributed by atoms with Gasteiger partial charge in [-0.1, -0.05) is 36.4 Å². The molecule has 0 saturated heterocycles. The van der Waals surface area contributed by atoms with Crippen molar-refractivity contribution >= 4 is 0 Å². The molecule has 19 heavy (non-hydrogen) atoms. The second-order valence-corrected chi connectivity index (χ2v) is 4.01. The van der Waals surface area contributed by atoms with Gasteiger partial charge in [0, 0.05) is 11.1 Å². The number of halogens is 4. The number of alkyl halides is 2. The smallest absolute Gasteiger partial charge is 0.263 e. The summed E-state index contributed by atoms with van der Waals surface area (Å²) in [6.07, 6.45) is -4.01. The average molecular weight is 270 g/mol. The van der Waals surface area contributed by atoms with E-state index in [0.29, 0.717) is 0 Å². The lowest BCUT2D eigenvalue weighted by Gasteiger charge is -2.13. The van der Waals surface area contributed by atoms with E-state index in [1.807, 2.05) is 0 Å². The van der Waals surface area contributed by atoms with Crippen LogP contribution < -0.4 is 0 Å². The third kappa shape index (κ3) is 2.76. The summed E-state index contributed by atoms with van der Waals surface area (Å²) in [4.78, 5) is 0. The molecule has 2 aromatic rings. The van der Waals surface area contributed by atoms with E-state index in [2.05, 4.69) is 0 Å². The molecule has 0 heterocycles. The van der Waals surface area contributed by atoms with E-state index in [0.717, 1.165) is 18.2 Å². The maximum absolute atomic E-state index is 13.5. The first-order chi connectivity index (χ1) is 9.00. The van der Waals surface area contributed by atoms with Gasteiger partial charge in [-0.3, -0.25) is 0 Å². The second-order valence-electron chi connectivity index (χ2n) is 4.01. The molecular weight excluding hydrogens is 260 g/mol. The summed E-state index contributed by atoms with van der Waals surface area (Å²) >= 11 is 0. The van der Waals surface area contributed by atoms with Gasteiger partial charge in [-0.25, -0.2) is 17.6 Å². The molecule has 0 aromatic heterocycles. The summed E-state index contributed by atoms with van der Waals surface area (Å²) in [6, 6.07) is 8.24. The lowest BCUT2D eigenvalue weighted by atomic mass is 10.00. The zero-order chi connectivity index (χ0) is 14.0. The number of aliphatic hydroxyl groups excluding tert-OH is 1. The molecule has 1 atom stereocenters. The van der Waals surface area contributed by atoms with Crippen molar-refractivity contribution in [1.29, 1.82) is 0 Å². The van der Waals surface area contributed by atoms with Crippen LogP contribution in [-0.2, 0) is 0 Å². The Balaban J connectivity index is 2.33. The van der Waals surface area contributed by atoms with Gasteiger partial charge in [-0.05, 0) is 11.6 Å². The topological polar surface area (TPSA) is 20.2 Å². The van der Waals surface area contributed by atoms with Crippen molar-refractivity contribution in [2.75, 3.05) is 0 Å². The molecule has 0 aliphatic carbocycles. The summed E-state index contributed by atoms with van der Waals surface area (Å²) in [5.74, 6) is -2.21. The van der Waals surface area contributed by atoms with Gasteiger partial charge in [-0.15, -0.1) is 0 Å². The Morgan fingerprint density at radius 1 is 0.842 bits per heavy atom. The van der Waals surface area contributed by atoms with Crippen molar-refractivity contribution in [3.8, 4) is 0 Å². The van der Waals surface area contributed by atoms with E-state index in [-0.39, 0.29) is 16.7 Å². The number of benzene rings is 2. The maximum atomic E-state index is 13.5. The first-order valence-corrected chi connectivity index (χ1v) is 5.50. The van der Waals surface area contributed by atoms with Crippen LogP contribution in [0.5, 0.6) is 0 Å². The van der Waals surface area contributed by atoms with Gasteiger partial charge in [0.2, 0.25) is 0 Å². The fourth-order valence-electron chi connectivity index (χ4n) is 1.73. The second kappa shape index (κ2) is 5.40. The van der Waals surface area contributed by atoms with E-state index < -0.39 is 24.2 Å². The van der Waals surface area contributed by atoms with Crippen LogP contribution in [-0.4, -0.2) is 5.11 Å². The van der Waals surface area contributed by atoms with Crippen LogP contribution in [0.4, 0.5) is 17.6 Å². The summed E-state index contributed by atoms with van der Waals surface area (Å²) in [5, 5.41) is 9.93. The molecule has 1 N–H and O–H groups in total. The van der Waals surface area contributed by atoms with Crippen LogP contribution >= 0.6 is 0 Å². The normalized spacial score (nSPS) is 12.7. The van der Waals surface area contributed by atoms with Gasteiger partial charge in [0.25, 0.3) is 6.43 Å². The van der Waals surface area contributed by atoms with Crippen LogP contribution in [0.3, 0.4) is 0 Å². The minimum Gasteiger partial charge on any atom is -0.384 e. The Labute approximate surface area is 107 Å². The number of aliphatic hydroxyl groups is 1. The molecule has 0 aliphatic heterocycles. The molecular formula is C14H10F4O. The molecule has 5 heteroatoms. The minimum atomic E-state index is -2.61. The summed E-state index contributed by atoms with van der Waals surface area (Å²) in [7, 11) is 0. The average Bonchev–Trinajstić information content (AvgIpc) is 2.41. The highest BCUT2D eigenvalue weighted by Crippen LogP contribution is 2.27. The molecule has 0 saturated carbocycles. The van der Waals surface area contributed by atoms with Crippen LogP contribution in [0.2, 0.25) is 0 Å².